The predicted molar refractivity (Wildman–Crippen MR) is 77.8 cm³/mol. The van der Waals surface area contributed by atoms with E-state index >= 15 is 0 Å². The zero-order valence-electron chi connectivity index (χ0n) is 12.1. The van der Waals surface area contributed by atoms with Gasteiger partial charge in [-0.05, 0) is 43.5 Å². The molecule has 0 amide bonds. The number of benzene rings is 1. The van der Waals surface area contributed by atoms with Crippen molar-refractivity contribution in [2.24, 2.45) is 0 Å². The Morgan fingerprint density at radius 3 is 2.27 bits per heavy atom. The number of allylic oxidation sites excluding steroid dienone is 1. The van der Waals surface area contributed by atoms with Crippen molar-refractivity contribution in [1.29, 1.82) is 0 Å². The highest BCUT2D eigenvalue weighted by molar-refractivity contribution is 5.66. The molecule has 2 rings (SSSR count). The summed E-state index contributed by atoms with van der Waals surface area (Å²) in [6.07, 6.45) is -0.0307. The highest BCUT2D eigenvalue weighted by atomic mass is 19.4. The summed E-state index contributed by atoms with van der Waals surface area (Å²) in [5.41, 5.74) is 1.38. The number of alkyl halides is 3. The molecule has 0 unspecified atom stereocenters. The average Bonchev–Trinajstić information content (AvgIpc) is 2.47. The molecule has 1 N–H and O–H groups in total. The second-order valence-corrected chi connectivity index (χ2v) is 5.33. The minimum atomic E-state index is -4.31. The number of aliphatic carboxylic acids is 1. The topological polar surface area (TPSA) is 40.5 Å². The summed E-state index contributed by atoms with van der Waals surface area (Å²) < 4.78 is 37.6. The summed E-state index contributed by atoms with van der Waals surface area (Å²) in [5.74, 6) is -0.806. The van der Waals surface area contributed by atoms with E-state index in [1.54, 1.807) is 0 Å². The van der Waals surface area contributed by atoms with Gasteiger partial charge in [-0.1, -0.05) is 11.6 Å². The van der Waals surface area contributed by atoms with Crippen LogP contribution in [0.15, 0.2) is 35.9 Å². The number of nitrogens with zero attached hydrogens (tertiary/aromatic N) is 1. The molecular weight excluding hydrogens is 295 g/mol. The van der Waals surface area contributed by atoms with Crippen molar-refractivity contribution < 1.29 is 23.1 Å². The van der Waals surface area contributed by atoms with E-state index in [-0.39, 0.29) is 6.42 Å². The van der Waals surface area contributed by atoms with Gasteiger partial charge in [-0.3, -0.25) is 4.79 Å². The first-order valence-corrected chi connectivity index (χ1v) is 7.18. The van der Waals surface area contributed by atoms with E-state index in [2.05, 4.69) is 4.90 Å². The molecule has 1 aliphatic heterocycles. The zero-order valence-corrected chi connectivity index (χ0v) is 12.1. The van der Waals surface area contributed by atoms with Gasteiger partial charge in [0.2, 0.25) is 0 Å². The Bertz CT molecular complexity index is 540. The van der Waals surface area contributed by atoms with Crippen molar-refractivity contribution >= 4 is 11.7 Å². The lowest BCUT2D eigenvalue weighted by molar-refractivity contribution is -0.138. The van der Waals surface area contributed by atoms with Crippen LogP contribution in [0.2, 0.25) is 0 Å². The van der Waals surface area contributed by atoms with Crippen LogP contribution in [-0.2, 0) is 11.0 Å². The molecule has 120 valence electrons. The summed E-state index contributed by atoms with van der Waals surface area (Å²) in [4.78, 5) is 12.5. The van der Waals surface area contributed by atoms with Gasteiger partial charge in [0.05, 0.1) is 5.56 Å². The summed E-state index contributed by atoms with van der Waals surface area (Å²) in [6.45, 7) is 1.48. The van der Waals surface area contributed by atoms with Gasteiger partial charge in [-0.2, -0.15) is 13.2 Å². The number of carboxylic acid groups (broad SMARTS) is 1. The molecule has 0 aromatic heterocycles. The molecule has 1 aliphatic rings. The molecule has 0 spiro atoms. The van der Waals surface area contributed by atoms with Crippen molar-refractivity contribution in [2.45, 2.75) is 31.9 Å². The maximum Gasteiger partial charge on any atom is 0.416 e. The molecular formula is C16H18F3NO2. The first-order valence-electron chi connectivity index (χ1n) is 7.18. The number of hydrogen-bond acceptors (Lipinski definition) is 2. The van der Waals surface area contributed by atoms with Gasteiger partial charge in [0.15, 0.2) is 0 Å². The summed E-state index contributed by atoms with van der Waals surface area (Å²) in [7, 11) is 0. The Morgan fingerprint density at radius 2 is 1.77 bits per heavy atom. The molecule has 6 heteroatoms. The van der Waals surface area contributed by atoms with Crippen LogP contribution in [-0.4, -0.2) is 24.2 Å². The third-order valence-electron chi connectivity index (χ3n) is 3.76. The fourth-order valence-corrected chi connectivity index (χ4v) is 2.52. The first-order chi connectivity index (χ1) is 10.4. The molecule has 1 saturated heterocycles. The molecule has 3 nitrogen and oxygen atoms in total. The molecule has 0 saturated carbocycles. The molecule has 1 fully saturated rings. The van der Waals surface area contributed by atoms with Crippen LogP contribution >= 0.6 is 0 Å². The van der Waals surface area contributed by atoms with Crippen LogP contribution < -0.4 is 4.90 Å². The fraction of sp³-hybridized carbons (Fsp3) is 0.438. The highest BCUT2D eigenvalue weighted by Gasteiger charge is 2.30. The van der Waals surface area contributed by atoms with Crippen LogP contribution in [0.3, 0.4) is 0 Å². The monoisotopic (exact) mass is 313 g/mol. The van der Waals surface area contributed by atoms with E-state index in [9.17, 15) is 18.0 Å². The molecule has 1 aromatic rings. The molecule has 0 atom stereocenters. The fourth-order valence-electron chi connectivity index (χ4n) is 2.52. The molecule has 1 aromatic carbocycles. The van der Waals surface area contributed by atoms with Gasteiger partial charge in [-0.15, -0.1) is 0 Å². The van der Waals surface area contributed by atoms with Crippen molar-refractivity contribution in [3.63, 3.8) is 0 Å². The SMILES string of the molecule is O=C(O)CCC=C1CCN(c2ccc(C(F)(F)F)cc2)CC1. The van der Waals surface area contributed by atoms with Gasteiger partial charge < -0.3 is 10.0 Å². The Morgan fingerprint density at radius 1 is 1.18 bits per heavy atom. The minimum absolute atomic E-state index is 0.131. The normalized spacial score (nSPS) is 15.8. The van der Waals surface area contributed by atoms with E-state index in [0.29, 0.717) is 6.42 Å². The number of rotatable bonds is 4. The summed E-state index contributed by atoms with van der Waals surface area (Å²) >= 11 is 0. The first kappa shape index (κ1) is 16.4. The lowest BCUT2D eigenvalue weighted by Crippen LogP contribution is -2.30. The number of anilines is 1. The standard InChI is InChI=1S/C16H18F3NO2/c17-16(18,19)13-4-6-14(7-5-13)20-10-8-12(9-11-20)2-1-3-15(21)22/h2,4-7H,1,3,8-11H2,(H,21,22). The third-order valence-corrected chi connectivity index (χ3v) is 3.76. The largest absolute Gasteiger partial charge is 0.481 e. The number of carboxylic acids is 1. The Kier molecular flexibility index (Phi) is 5.11. The van der Waals surface area contributed by atoms with Crippen LogP contribution in [0.4, 0.5) is 18.9 Å². The average molecular weight is 313 g/mol. The Labute approximate surface area is 127 Å². The van der Waals surface area contributed by atoms with Crippen molar-refractivity contribution in [3.05, 3.63) is 41.5 Å². The van der Waals surface area contributed by atoms with Crippen molar-refractivity contribution in [3.8, 4) is 0 Å². The van der Waals surface area contributed by atoms with Crippen LogP contribution in [0, 0.1) is 0 Å². The number of halogens is 3. The Hall–Kier alpha value is -1.98. The summed E-state index contributed by atoms with van der Waals surface area (Å²) in [6, 6.07) is 5.21. The second-order valence-electron chi connectivity index (χ2n) is 5.33. The number of piperidine rings is 1. The van der Waals surface area contributed by atoms with Crippen LogP contribution in [0.1, 0.15) is 31.2 Å². The van der Waals surface area contributed by atoms with Crippen LogP contribution in [0.5, 0.6) is 0 Å². The van der Waals surface area contributed by atoms with Crippen molar-refractivity contribution in [2.75, 3.05) is 18.0 Å². The predicted octanol–water partition coefficient (Wildman–Crippen LogP) is 4.10. The van der Waals surface area contributed by atoms with Gasteiger partial charge >= 0.3 is 12.1 Å². The number of carbonyl (C=O) groups is 1. The molecule has 0 bridgehead atoms. The zero-order chi connectivity index (χ0) is 16.2. The van der Waals surface area contributed by atoms with E-state index in [4.69, 9.17) is 5.11 Å². The maximum atomic E-state index is 12.5. The van der Waals surface area contributed by atoms with Crippen LogP contribution in [0.25, 0.3) is 0 Å². The maximum absolute atomic E-state index is 12.5. The van der Waals surface area contributed by atoms with Gasteiger partial charge in [0, 0.05) is 25.2 Å². The Balaban J connectivity index is 1.90. The lowest BCUT2D eigenvalue weighted by atomic mass is 10.0. The van der Waals surface area contributed by atoms with Crippen molar-refractivity contribution in [1.82, 2.24) is 0 Å². The van der Waals surface area contributed by atoms with Gasteiger partial charge in [0.1, 0.15) is 0 Å². The molecule has 22 heavy (non-hydrogen) atoms. The molecule has 0 radical (unpaired) electrons. The molecule has 0 aliphatic carbocycles. The van der Waals surface area contributed by atoms with Gasteiger partial charge in [-0.25, -0.2) is 0 Å². The molecule has 1 heterocycles. The number of hydrogen-bond donors (Lipinski definition) is 1. The minimum Gasteiger partial charge on any atom is -0.481 e. The van der Waals surface area contributed by atoms with E-state index in [1.165, 1.54) is 17.7 Å². The second kappa shape index (κ2) is 6.85. The quantitative estimate of drug-likeness (QED) is 0.851. The summed E-state index contributed by atoms with van der Waals surface area (Å²) in [5, 5.41) is 8.60. The lowest BCUT2D eigenvalue weighted by Gasteiger charge is -2.30. The van der Waals surface area contributed by atoms with E-state index in [0.717, 1.165) is 43.8 Å². The van der Waals surface area contributed by atoms with Gasteiger partial charge in [0.25, 0.3) is 0 Å². The third kappa shape index (κ3) is 4.51. The van der Waals surface area contributed by atoms with E-state index < -0.39 is 17.7 Å². The smallest absolute Gasteiger partial charge is 0.416 e. The highest BCUT2D eigenvalue weighted by Crippen LogP contribution is 2.31. The van der Waals surface area contributed by atoms with E-state index in [1.807, 2.05) is 6.08 Å².